The highest BCUT2D eigenvalue weighted by molar-refractivity contribution is 7.12. The topological polar surface area (TPSA) is 47.0 Å². The van der Waals surface area contributed by atoms with Crippen LogP contribution < -0.4 is 10.1 Å². The van der Waals surface area contributed by atoms with Crippen molar-refractivity contribution in [3.8, 4) is 5.19 Å². The Bertz CT molecular complexity index is 283. The summed E-state index contributed by atoms with van der Waals surface area (Å²) in [7, 11) is 0. The summed E-state index contributed by atoms with van der Waals surface area (Å²) >= 11 is 1.50. The lowest BCUT2D eigenvalue weighted by molar-refractivity contribution is 0.237. The lowest BCUT2D eigenvalue weighted by Crippen LogP contribution is -2.38. The standard InChI is InChI=1S/C9H15N3OS/c1-7-11-12-9(14-7)13-6-8-4-2-3-5-10-8/h8,10H,2-6H2,1H3. The first-order valence-electron chi connectivity index (χ1n) is 5.01. The van der Waals surface area contributed by atoms with Gasteiger partial charge in [0.15, 0.2) is 0 Å². The smallest absolute Gasteiger partial charge is 0.294 e. The average Bonchev–Trinajstić information content (AvgIpc) is 2.63. The summed E-state index contributed by atoms with van der Waals surface area (Å²) in [6, 6.07) is 0.493. The van der Waals surface area contributed by atoms with Crippen LogP contribution in [0.4, 0.5) is 0 Å². The normalized spacial score (nSPS) is 22.2. The second-order valence-corrected chi connectivity index (χ2v) is 4.69. The molecule has 1 aromatic rings. The summed E-state index contributed by atoms with van der Waals surface area (Å²) in [5, 5.41) is 12.9. The second kappa shape index (κ2) is 4.70. The minimum Gasteiger partial charge on any atom is -0.467 e. The predicted octanol–water partition coefficient (Wildman–Crippen LogP) is 1.37. The number of aryl methyl sites for hydroxylation is 1. The molecule has 1 aliphatic rings. The number of ether oxygens (including phenoxy) is 1. The van der Waals surface area contributed by atoms with Gasteiger partial charge in [0.25, 0.3) is 5.19 Å². The summed E-state index contributed by atoms with van der Waals surface area (Å²) in [6.07, 6.45) is 3.79. The van der Waals surface area contributed by atoms with Gasteiger partial charge in [0.2, 0.25) is 0 Å². The molecule has 1 atom stereocenters. The number of nitrogens with one attached hydrogen (secondary N) is 1. The zero-order valence-corrected chi connectivity index (χ0v) is 9.14. The van der Waals surface area contributed by atoms with Gasteiger partial charge >= 0.3 is 0 Å². The Balaban J connectivity index is 1.76. The lowest BCUT2D eigenvalue weighted by atomic mass is 10.1. The van der Waals surface area contributed by atoms with Crippen LogP contribution in [0.1, 0.15) is 24.3 Å². The maximum Gasteiger partial charge on any atom is 0.294 e. The number of hydrogen-bond acceptors (Lipinski definition) is 5. The number of rotatable bonds is 3. The molecule has 4 nitrogen and oxygen atoms in total. The molecule has 0 bridgehead atoms. The fraction of sp³-hybridized carbons (Fsp3) is 0.778. The predicted molar refractivity (Wildman–Crippen MR) is 55.8 cm³/mol. The SMILES string of the molecule is Cc1nnc(OCC2CCCCN2)s1. The van der Waals surface area contributed by atoms with Crippen LogP contribution in [0.25, 0.3) is 0 Å². The number of aromatic nitrogens is 2. The minimum atomic E-state index is 0.493. The maximum absolute atomic E-state index is 5.55. The summed E-state index contributed by atoms with van der Waals surface area (Å²) in [5.74, 6) is 0. The molecule has 1 N–H and O–H groups in total. The number of piperidine rings is 1. The van der Waals surface area contributed by atoms with Gasteiger partial charge in [0, 0.05) is 6.04 Å². The maximum atomic E-state index is 5.55. The fourth-order valence-electron chi connectivity index (χ4n) is 1.57. The van der Waals surface area contributed by atoms with E-state index >= 15 is 0 Å². The summed E-state index contributed by atoms with van der Waals surface area (Å²) in [6.45, 7) is 3.77. The molecule has 1 aromatic heterocycles. The fourth-order valence-corrected chi connectivity index (χ4v) is 2.12. The minimum absolute atomic E-state index is 0.493. The molecular formula is C9H15N3OS. The zero-order valence-electron chi connectivity index (χ0n) is 8.32. The van der Waals surface area contributed by atoms with Gasteiger partial charge in [0.1, 0.15) is 11.6 Å². The van der Waals surface area contributed by atoms with Crippen LogP contribution in [-0.2, 0) is 0 Å². The Labute approximate surface area is 87.7 Å². The van der Waals surface area contributed by atoms with Crippen molar-refractivity contribution in [2.75, 3.05) is 13.2 Å². The third kappa shape index (κ3) is 2.65. The molecular weight excluding hydrogens is 198 g/mol. The highest BCUT2D eigenvalue weighted by atomic mass is 32.1. The van der Waals surface area contributed by atoms with Crippen LogP contribution in [0.3, 0.4) is 0 Å². The van der Waals surface area contributed by atoms with E-state index in [-0.39, 0.29) is 0 Å². The molecule has 0 saturated carbocycles. The first-order valence-corrected chi connectivity index (χ1v) is 5.82. The first-order chi connectivity index (χ1) is 6.84. The van der Waals surface area contributed by atoms with Gasteiger partial charge in [-0.05, 0) is 26.3 Å². The second-order valence-electron chi connectivity index (χ2n) is 3.54. The van der Waals surface area contributed by atoms with Gasteiger partial charge in [-0.25, -0.2) is 0 Å². The van der Waals surface area contributed by atoms with Gasteiger partial charge in [0.05, 0.1) is 0 Å². The van der Waals surface area contributed by atoms with E-state index in [2.05, 4.69) is 15.5 Å². The van der Waals surface area contributed by atoms with Crippen molar-refractivity contribution in [1.82, 2.24) is 15.5 Å². The lowest BCUT2D eigenvalue weighted by Gasteiger charge is -2.22. The summed E-state index contributed by atoms with van der Waals surface area (Å²) < 4.78 is 5.55. The Hall–Kier alpha value is -0.680. The highest BCUT2D eigenvalue weighted by Crippen LogP contribution is 2.17. The Kier molecular flexibility index (Phi) is 3.31. The van der Waals surface area contributed by atoms with Crippen LogP contribution in [0, 0.1) is 6.92 Å². The van der Waals surface area contributed by atoms with Crippen molar-refractivity contribution in [3.05, 3.63) is 5.01 Å². The van der Waals surface area contributed by atoms with Gasteiger partial charge in [-0.15, -0.1) is 10.2 Å². The molecule has 1 saturated heterocycles. The quantitative estimate of drug-likeness (QED) is 0.823. The van der Waals surface area contributed by atoms with Crippen molar-refractivity contribution in [1.29, 1.82) is 0 Å². The van der Waals surface area contributed by atoms with Crippen molar-refractivity contribution in [2.45, 2.75) is 32.2 Å². The van der Waals surface area contributed by atoms with Gasteiger partial charge in [-0.1, -0.05) is 17.8 Å². The van der Waals surface area contributed by atoms with Gasteiger partial charge in [-0.2, -0.15) is 0 Å². The first kappa shape index (κ1) is 9.86. The van der Waals surface area contributed by atoms with E-state index in [1.165, 1.54) is 30.6 Å². The summed E-state index contributed by atoms with van der Waals surface area (Å²) in [4.78, 5) is 0. The van der Waals surface area contributed by atoms with Crippen molar-refractivity contribution >= 4 is 11.3 Å². The molecule has 1 unspecified atom stereocenters. The molecule has 2 heterocycles. The van der Waals surface area contributed by atoms with E-state index in [4.69, 9.17) is 4.74 Å². The van der Waals surface area contributed by atoms with Crippen molar-refractivity contribution in [3.63, 3.8) is 0 Å². The zero-order chi connectivity index (χ0) is 9.80. The average molecular weight is 213 g/mol. The molecule has 0 radical (unpaired) electrons. The molecule has 14 heavy (non-hydrogen) atoms. The van der Waals surface area contributed by atoms with E-state index in [9.17, 15) is 0 Å². The highest BCUT2D eigenvalue weighted by Gasteiger charge is 2.13. The van der Waals surface area contributed by atoms with Crippen LogP contribution >= 0.6 is 11.3 Å². The molecule has 0 amide bonds. The van der Waals surface area contributed by atoms with Gasteiger partial charge < -0.3 is 10.1 Å². The van der Waals surface area contributed by atoms with Crippen LogP contribution in [0.15, 0.2) is 0 Å². The largest absolute Gasteiger partial charge is 0.467 e. The Morgan fingerprint density at radius 2 is 2.43 bits per heavy atom. The molecule has 0 aromatic carbocycles. The Morgan fingerprint density at radius 3 is 3.07 bits per heavy atom. The van der Waals surface area contributed by atoms with E-state index in [0.717, 1.165) is 11.6 Å². The van der Waals surface area contributed by atoms with Crippen molar-refractivity contribution < 1.29 is 4.74 Å². The Morgan fingerprint density at radius 1 is 1.50 bits per heavy atom. The third-order valence-corrected chi connectivity index (χ3v) is 3.08. The third-order valence-electron chi connectivity index (χ3n) is 2.33. The van der Waals surface area contributed by atoms with Crippen LogP contribution in [-0.4, -0.2) is 29.4 Å². The van der Waals surface area contributed by atoms with Crippen molar-refractivity contribution in [2.24, 2.45) is 0 Å². The van der Waals surface area contributed by atoms with E-state index in [1.54, 1.807) is 0 Å². The van der Waals surface area contributed by atoms with Crippen LogP contribution in [0.5, 0.6) is 5.19 Å². The summed E-state index contributed by atoms with van der Waals surface area (Å²) in [5.41, 5.74) is 0. The molecule has 1 aliphatic heterocycles. The monoisotopic (exact) mass is 213 g/mol. The van der Waals surface area contributed by atoms with Gasteiger partial charge in [-0.3, -0.25) is 0 Å². The molecule has 1 fully saturated rings. The molecule has 0 aliphatic carbocycles. The molecule has 5 heteroatoms. The van der Waals surface area contributed by atoms with E-state index in [0.29, 0.717) is 17.8 Å². The number of hydrogen-bond donors (Lipinski definition) is 1. The van der Waals surface area contributed by atoms with Crippen LogP contribution in [0.2, 0.25) is 0 Å². The molecule has 0 spiro atoms. The van der Waals surface area contributed by atoms with E-state index in [1.807, 2.05) is 6.92 Å². The molecule has 2 rings (SSSR count). The molecule has 78 valence electrons. The number of nitrogens with zero attached hydrogens (tertiary/aromatic N) is 2. The van der Waals surface area contributed by atoms with E-state index < -0.39 is 0 Å².